The predicted octanol–water partition coefficient (Wildman–Crippen LogP) is 3.92. The lowest BCUT2D eigenvalue weighted by molar-refractivity contribution is -0.115. The van der Waals surface area contributed by atoms with Gasteiger partial charge in [0, 0.05) is 12.7 Å². The highest BCUT2D eigenvalue weighted by Crippen LogP contribution is 2.27. The van der Waals surface area contributed by atoms with Crippen molar-refractivity contribution in [2.24, 2.45) is 7.05 Å². The Hall–Kier alpha value is -2.65. The van der Waals surface area contributed by atoms with Crippen molar-refractivity contribution in [2.45, 2.75) is 48.2 Å². The Morgan fingerprint density at radius 2 is 1.84 bits per heavy atom. The summed E-state index contributed by atoms with van der Waals surface area (Å²) in [6, 6.07) is 14.2. The molecule has 0 aliphatic heterocycles. The van der Waals surface area contributed by atoms with Crippen molar-refractivity contribution in [3.8, 4) is 0 Å². The van der Waals surface area contributed by atoms with Gasteiger partial charge in [0.25, 0.3) is 0 Å². The van der Waals surface area contributed by atoms with Gasteiger partial charge in [-0.15, -0.1) is 10.2 Å². The van der Waals surface area contributed by atoms with Gasteiger partial charge in [0.2, 0.25) is 5.91 Å². The molecule has 0 aliphatic rings. The van der Waals surface area contributed by atoms with E-state index in [-0.39, 0.29) is 21.8 Å². The van der Waals surface area contributed by atoms with Crippen LogP contribution in [0, 0.1) is 13.8 Å². The van der Waals surface area contributed by atoms with Crippen LogP contribution in [0.5, 0.6) is 0 Å². The molecule has 1 aromatic heterocycles. The van der Waals surface area contributed by atoms with Crippen molar-refractivity contribution in [3.05, 3.63) is 65.5 Å². The van der Waals surface area contributed by atoms with Crippen LogP contribution in [0.1, 0.15) is 30.3 Å². The number of rotatable bonds is 8. The third-order valence-corrected chi connectivity index (χ3v) is 7.94. The van der Waals surface area contributed by atoms with Crippen LogP contribution < -0.4 is 5.32 Å². The lowest BCUT2D eigenvalue weighted by Gasteiger charge is -2.16. The van der Waals surface area contributed by atoms with E-state index in [1.54, 1.807) is 41.9 Å². The molecule has 0 saturated carbocycles. The summed E-state index contributed by atoms with van der Waals surface area (Å²) in [6.45, 7) is 5.86. The minimum Gasteiger partial charge on any atom is -0.325 e. The van der Waals surface area contributed by atoms with Gasteiger partial charge in [0.15, 0.2) is 15.0 Å². The highest BCUT2D eigenvalue weighted by atomic mass is 32.2. The van der Waals surface area contributed by atoms with Crippen LogP contribution in [0.2, 0.25) is 0 Å². The number of aryl methyl sites for hydroxylation is 2. The van der Waals surface area contributed by atoms with E-state index in [0.717, 1.165) is 16.8 Å². The molecular formula is C22H26N4O3S2. The highest BCUT2D eigenvalue weighted by molar-refractivity contribution is 8.00. The summed E-state index contributed by atoms with van der Waals surface area (Å²) < 4.78 is 27.0. The molecule has 1 atom stereocenters. The first-order chi connectivity index (χ1) is 14.7. The van der Waals surface area contributed by atoms with E-state index in [1.807, 2.05) is 39.0 Å². The maximum atomic E-state index is 12.9. The zero-order valence-electron chi connectivity index (χ0n) is 18.0. The molecule has 1 heterocycles. The van der Waals surface area contributed by atoms with Gasteiger partial charge in [-0.2, -0.15) is 0 Å². The van der Waals surface area contributed by atoms with Crippen LogP contribution in [-0.2, 0) is 27.4 Å². The smallest absolute Gasteiger partial charge is 0.237 e. The van der Waals surface area contributed by atoms with Crippen molar-refractivity contribution in [2.75, 3.05) is 5.32 Å². The fourth-order valence-corrected chi connectivity index (χ4v) is 5.26. The summed E-state index contributed by atoms with van der Waals surface area (Å²) in [6.07, 6.45) is 0.589. The Balaban J connectivity index is 1.74. The molecule has 3 rings (SSSR count). The normalized spacial score (nSPS) is 12.5. The van der Waals surface area contributed by atoms with Gasteiger partial charge in [0.05, 0.1) is 10.1 Å². The standard InChI is InChI=1S/C22H26N4O3S2/c1-5-19(21(27)23-18-13-15(2)11-12-16(18)3)30-22-25-24-20(26(22)4)14-31(28,29)17-9-7-6-8-10-17/h6-13,19H,5,14H2,1-4H3,(H,23,27). The van der Waals surface area contributed by atoms with Crippen molar-refractivity contribution >= 4 is 33.2 Å². The molecule has 7 nitrogen and oxygen atoms in total. The van der Waals surface area contributed by atoms with E-state index < -0.39 is 9.84 Å². The third kappa shape index (κ3) is 5.54. The Kier molecular flexibility index (Phi) is 7.17. The summed E-state index contributed by atoms with van der Waals surface area (Å²) in [5, 5.41) is 11.3. The largest absolute Gasteiger partial charge is 0.325 e. The Labute approximate surface area is 187 Å². The van der Waals surface area contributed by atoms with Crippen LogP contribution in [0.25, 0.3) is 0 Å². The molecule has 1 N–H and O–H groups in total. The molecule has 2 aromatic carbocycles. The minimum absolute atomic E-state index is 0.123. The van der Waals surface area contributed by atoms with E-state index in [0.29, 0.717) is 17.4 Å². The monoisotopic (exact) mass is 458 g/mol. The number of anilines is 1. The average molecular weight is 459 g/mol. The quantitative estimate of drug-likeness (QED) is 0.514. The number of nitrogens with zero attached hydrogens (tertiary/aromatic N) is 3. The molecule has 0 saturated heterocycles. The molecule has 0 aliphatic carbocycles. The Bertz CT molecular complexity index is 1170. The molecule has 0 spiro atoms. The van der Waals surface area contributed by atoms with Gasteiger partial charge in [-0.3, -0.25) is 4.79 Å². The SMILES string of the molecule is CCC(Sc1nnc(CS(=O)(=O)c2ccccc2)n1C)C(=O)Nc1cc(C)ccc1C. The fourth-order valence-electron chi connectivity index (χ4n) is 2.99. The summed E-state index contributed by atoms with van der Waals surface area (Å²) in [5.74, 6) is -0.0502. The number of carbonyl (C=O) groups excluding carboxylic acids is 1. The predicted molar refractivity (Wildman–Crippen MR) is 123 cm³/mol. The number of benzene rings is 2. The maximum Gasteiger partial charge on any atom is 0.237 e. The highest BCUT2D eigenvalue weighted by Gasteiger charge is 2.24. The van der Waals surface area contributed by atoms with Crippen LogP contribution in [-0.4, -0.2) is 34.3 Å². The molecule has 1 unspecified atom stereocenters. The molecule has 3 aromatic rings. The van der Waals surface area contributed by atoms with Gasteiger partial charge in [-0.05, 0) is 49.6 Å². The van der Waals surface area contributed by atoms with E-state index in [9.17, 15) is 13.2 Å². The Morgan fingerprint density at radius 1 is 1.13 bits per heavy atom. The first-order valence-corrected chi connectivity index (χ1v) is 12.4. The van der Waals surface area contributed by atoms with E-state index in [2.05, 4.69) is 15.5 Å². The molecule has 0 fully saturated rings. The topological polar surface area (TPSA) is 93.9 Å². The fraction of sp³-hybridized carbons (Fsp3) is 0.318. The van der Waals surface area contributed by atoms with Gasteiger partial charge in [-0.25, -0.2) is 8.42 Å². The number of aromatic nitrogens is 3. The molecule has 164 valence electrons. The summed E-state index contributed by atoms with van der Waals surface area (Å²) in [4.78, 5) is 13.1. The van der Waals surface area contributed by atoms with Crippen molar-refractivity contribution in [1.29, 1.82) is 0 Å². The van der Waals surface area contributed by atoms with Crippen molar-refractivity contribution < 1.29 is 13.2 Å². The maximum absolute atomic E-state index is 12.9. The molecule has 0 bridgehead atoms. The van der Waals surface area contributed by atoms with Crippen molar-refractivity contribution in [1.82, 2.24) is 14.8 Å². The first-order valence-electron chi connectivity index (χ1n) is 9.92. The van der Waals surface area contributed by atoms with E-state index in [1.165, 1.54) is 11.8 Å². The zero-order chi connectivity index (χ0) is 22.6. The van der Waals surface area contributed by atoms with E-state index >= 15 is 0 Å². The van der Waals surface area contributed by atoms with Gasteiger partial charge in [0.1, 0.15) is 11.6 Å². The van der Waals surface area contributed by atoms with Crippen LogP contribution in [0.3, 0.4) is 0 Å². The first kappa shape index (κ1) is 23.0. The number of sulfone groups is 1. The minimum atomic E-state index is -3.53. The number of hydrogen-bond donors (Lipinski definition) is 1. The van der Waals surface area contributed by atoms with Gasteiger partial charge < -0.3 is 9.88 Å². The van der Waals surface area contributed by atoms with Crippen molar-refractivity contribution in [3.63, 3.8) is 0 Å². The second kappa shape index (κ2) is 9.65. The van der Waals surface area contributed by atoms with Gasteiger partial charge in [-0.1, -0.05) is 49.0 Å². The molecule has 1 amide bonds. The number of nitrogens with one attached hydrogen (secondary N) is 1. The number of hydrogen-bond acceptors (Lipinski definition) is 6. The number of amides is 1. The zero-order valence-corrected chi connectivity index (χ0v) is 19.6. The van der Waals surface area contributed by atoms with E-state index in [4.69, 9.17) is 0 Å². The molecule has 9 heteroatoms. The summed E-state index contributed by atoms with van der Waals surface area (Å²) >= 11 is 1.28. The molecule has 31 heavy (non-hydrogen) atoms. The third-order valence-electron chi connectivity index (χ3n) is 4.91. The van der Waals surface area contributed by atoms with Crippen LogP contribution >= 0.6 is 11.8 Å². The number of thioether (sulfide) groups is 1. The molecular weight excluding hydrogens is 432 g/mol. The lowest BCUT2D eigenvalue weighted by atomic mass is 10.1. The Morgan fingerprint density at radius 3 is 2.52 bits per heavy atom. The second-order valence-corrected chi connectivity index (χ2v) is 10.5. The second-order valence-electron chi connectivity index (χ2n) is 7.35. The molecule has 0 radical (unpaired) electrons. The summed E-state index contributed by atoms with van der Waals surface area (Å²) in [5.41, 5.74) is 2.85. The van der Waals surface area contributed by atoms with Crippen LogP contribution in [0.4, 0.5) is 5.69 Å². The summed E-state index contributed by atoms with van der Waals surface area (Å²) in [7, 11) is -1.82. The lowest BCUT2D eigenvalue weighted by Crippen LogP contribution is -2.25. The number of carbonyl (C=O) groups is 1. The average Bonchev–Trinajstić information content (AvgIpc) is 3.08. The van der Waals surface area contributed by atoms with Crippen LogP contribution in [0.15, 0.2) is 58.6 Å². The van der Waals surface area contributed by atoms with Gasteiger partial charge >= 0.3 is 0 Å².